The summed E-state index contributed by atoms with van der Waals surface area (Å²) >= 11 is 0. The summed E-state index contributed by atoms with van der Waals surface area (Å²) in [6.45, 7) is 2.58. The van der Waals surface area contributed by atoms with Crippen molar-refractivity contribution < 1.29 is 9.47 Å². The van der Waals surface area contributed by atoms with Crippen LogP contribution in [-0.2, 0) is 15.9 Å². The molecule has 2 heteroatoms. The maximum atomic E-state index is 5.64. The van der Waals surface area contributed by atoms with Crippen LogP contribution in [0.5, 0.6) is 0 Å². The first-order valence-corrected chi connectivity index (χ1v) is 13.2. The summed E-state index contributed by atoms with van der Waals surface area (Å²) in [6.07, 6.45) is 10.7. The maximum Gasteiger partial charge on any atom is 0.104 e. The van der Waals surface area contributed by atoms with Crippen LogP contribution in [0.25, 0.3) is 53.9 Å². The lowest BCUT2D eigenvalue weighted by molar-refractivity contribution is 0.113. The van der Waals surface area contributed by atoms with E-state index in [4.69, 9.17) is 9.47 Å². The predicted octanol–water partition coefficient (Wildman–Crippen LogP) is 8.45. The van der Waals surface area contributed by atoms with Crippen LogP contribution in [0, 0.1) is 0 Å². The van der Waals surface area contributed by atoms with Crippen molar-refractivity contribution in [1.82, 2.24) is 0 Å². The van der Waals surface area contributed by atoms with Crippen molar-refractivity contribution in [3.05, 3.63) is 60.2 Å². The summed E-state index contributed by atoms with van der Waals surface area (Å²) in [6, 6.07) is 21.1. The Morgan fingerprint density at radius 1 is 0.618 bits per heavy atom. The Kier molecular flexibility index (Phi) is 5.18. The highest BCUT2D eigenvalue weighted by molar-refractivity contribution is 6.44. The first-order valence-electron chi connectivity index (χ1n) is 13.2. The van der Waals surface area contributed by atoms with Crippen LogP contribution in [0.4, 0.5) is 0 Å². The second-order valence-corrected chi connectivity index (χ2v) is 10.4. The summed E-state index contributed by atoms with van der Waals surface area (Å²) in [5.41, 5.74) is 1.53. The number of epoxide rings is 1. The van der Waals surface area contributed by atoms with E-state index >= 15 is 0 Å². The third-order valence-electron chi connectivity index (χ3n) is 8.05. The minimum atomic E-state index is 0.397. The number of rotatable bonds is 12. The summed E-state index contributed by atoms with van der Waals surface area (Å²) in [5, 5.41) is 14.5. The summed E-state index contributed by atoms with van der Waals surface area (Å²) in [7, 11) is 0. The Hall–Kier alpha value is -2.68. The van der Waals surface area contributed by atoms with Crippen LogP contribution in [-0.4, -0.2) is 25.9 Å². The van der Waals surface area contributed by atoms with Crippen molar-refractivity contribution >= 4 is 53.9 Å². The van der Waals surface area contributed by atoms with Crippen LogP contribution in [0.15, 0.2) is 54.6 Å². The average Bonchev–Trinajstić information content (AvgIpc) is 3.63. The van der Waals surface area contributed by atoms with Crippen LogP contribution in [0.2, 0.25) is 0 Å². The Balaban J connectivity index is 1.04. The molecule has 1 saturated heterocycles. The van der Waals surface area contributed by atoms with Crippen molar-refractivity contribution in [1.29, 1.82) is 0 Å². The Bertz CT molecular complexity index is 1500. The van der Waals surface area contributed by atoms with Crippen LogP contribution in [0.1, 0.15) is 50.5 Å². The average molecular weight is 449 g/mol. The van der Waals surface area contributed by atoms with Crippen molar-refractivity contribution in [2.24, 2.45) is 0 Å². The first-order chi connectivity index (χ1) is 16.9. The molecule has 0 bridgehead atoms. The zero-order chi connectivity index (χ0) is 22.5. The molecule has 1 aliphatic heterocycles. The van der Waals surface area contributed by atoms with E-state index in [1.165, 1.54) is 111 Å². The van der Waals surface area contributed by atoms with Crippen molar-refractivity contribution in [3.63, 3.8) is 0 Å². The van der Waals surface area contributed by atoms with Gasteiger partial charge in [-0.2, -0.15) is 0 Å². The second kappa shape index (κ2) is 8.52. The molecule has 6 aromatic rings. The summed E-state index contributed by atoms with van der Waals surface area (Å²) in [4.78, 5) is 0. The molecule has 7 rings (SSSR count). The molecule has 1 aliphatic rings. The highest BCUT2D eigenvalue weighted by Gasteiger charge is 2.22. The van der Waals surface area contributed by atoms with Gasteiger partial charge in [0.15, 0.2) is 0 Å². The van der Waals surface area contributed by atoms with Crippen LogP contribution >= 0.6 is 0 Å². The molecule has 0 aromatic heterocycles. The van der Waals surface area contributed by atoms with Crippen LogP contribution in [0.3, 0.4) is 0 Å². The summed E-state index contributed by atoms with van der Waals surface area (Å²) < 4.78 is 10.8. The third kappa shape index (κ3) is 3.47. The van der Waals surface area contributed by atoms with Gasteiger partial charge >= 0.3 is 0 Å². The molecule has 0 saturated carbocycles. The van der Waals surface area contributed by atoms with E-state index in [-0.39, 0.29) is 0 Å². The van der Waals surface area contributed by atoms with Crippen molar-refractivity contribution in [2.75, 3.05) is 19.8 Å². The fraction of sp³-hybridized carbons (Fsp3) is 0.375. The van der Waals surface area contributed by atoms with Gasteiger partial charge in [-0.25, -0.2) is 0 Å². The van der Waals surface area contributed by atoms with E-state index in [9.17, 15) is 0 Å². The van der Waals surface area contributed by atoms with Gasteiger partial charge in [-0.05, 0) is 78.7 Å². The van der Waals surface area contributed by atoms with Gasteiger partial charge in [-0.15, -0.1) is 0 Å². The van der Waals surface area contributed by atoms with E-state index in [0.717, 1.165) is 19.8 Å². The molecule has 0 N–H and O–H groups in total. The van der Waals surface area contributed by atoms with E-state index in [1.54, 1.807) is 0 Å². The number of hydrogen-bond donors (Lipinski definition) is 0. The molecule has 0 spiro atoms. The fourth-order valence-corrected chi connectivity index (χ4v) is 6.24. The highest BCUT2D eigenvalue weighted by atomic mass is 16.6. The molecule has 0 radical (unpaired) electrons. The standard InChI is InChI=1S/C32H32O2/c1(3-5-7-17-33-19-26-20-34-26)2-4-6-8-24-18-25-14-13-22-10-9-21-11-12-23-15-16-27(24)32-30(23)28(21)29(22)31(25)32/h9-16,18,26H,1-8,17,19-20H2. The number of benzene rings is 5. The van der Waals surface area contributed by atoms with E-state index in [0.29, 0.717) is 6.10 Å². The number of hydrogen-bond acceptors (Lipinski definition) is 2. The van der Waals surface area contributed by atoms with Gasteiger partial charge in [0.2, 0.25) is 0 Å². The summed E-state index contributed by atoms with van der Waals surface area (Å²) in [5.74, 6) is 0. The minimum absolute atomic E-state index is 0.397. The molecule has 172 valence electrons. The SMILES string of the molecule is c1cc2ccc3cc(CCCCCCCCCOCC4CO4)c4ccc5ccc1c1c2c3c4c51. The van der Waals surface area contributed by atoms with Gasteiger partial charge < -0.3 is 9.47 Å². The molecule has 1 heterocycles. The molecule has 1 atom stereocenters. The minimum Gasteiger partial charge on any atom is -0.379 e. The Labute approximate surface area is 200 Å². The molecule has 1 unspecified atom stereocenters. The lowest BCUT2D eigenvalue weighted by atomic mass is 9.93. The monoisotopic (exact) mass is 448 g/mol. The first kappa shape index (κ1) is 20.7. The smallest absolute Gasteiger partial charge is 0.104 e. The lowest BCUT2D eigenvalue weighted by Crippen LogP contribution is -2.02. The Morgan fingerprint density at radius 2 is 1.15 bits per heavy atom. The quantitative estimate of drug-likeness (QED) is 0.106. The second-order valence-electron chi connectivity index (χ2n) is 10.4. The van der Waals surface area contributed by atoms with Gasteiger partial charge in [-0.1, -0.05) is 86.7 Å². The maximum absolute atomic E-state index is 5.64. The van der Waals surface area contributed by atoms with Crippen molar-refractivity contribution in [2.45, 2.75) is 57.5 Å². The predicted molar refractivity (Wildman–Crippen MR) is 144 cm³/mol. The molecule has 6 aromatic carbocycles. The molecule has 1 fully saturated rings. The molecule has 34 heavy (non-hydrogen) atoms. The van der Waals surface area contributed by atoms with E-state index < -0.39 is 0 Å². The lowest BCUT2D eigenvalue weighted by Gasteiger charge is -2.11. The third-order valence-corrected chi connectivity index (χ3v) is 8.05. The number of unbranched alkanes of at least 4 members (excludes halogenated alkanes) is 6. The van der Waals surface area contributed by atoms with E-state index in [2.05, 4.69) is 54.6 Å². The molecular weight excluding hydrogens is 416 g/mol. The van der Waals surface area contributed by atoms with E-state index in [1.807, 2.05) is 0 Å². The number of aryl methyl sites for hydroxylation is 1. The molecule has 0 amide bonds. The van der Waals surface area contributed by atoms with Gasteiger partial charge in [0.05, 0.1) is 13.2 Å². The zero-order valence-corrected chi connectivity index (χ0v) is 19.9. The van der Waals surface area contributed by atoms with Crippen molar-refractivity contribution in [3.8, 4) is 0 Å². The highest BCUT2D eigenvalue weighted by Crippen LogP contribution is 2.48. The van der Waals surface area contributed by atoms with Gasteiger partial charge in [0.25, 0.3) is 0 Å². The van der Waals surface area contributed by atoms with Gasteiger partial charge in [-0.3, -0.25) is 0 Å². The number of ether oxygens (including phenoxy) is 2. The molecule has 0 aliphatic carbocycles. The normalized spacial score (nSPS) is 16.4. The van der Waals surface area contributed by atoms with Gasteiger partial charge in [0.1, 0.15) is 6.10 Å². The molecule has 2 nitrogen and oxygen atoms in total. The van der Waals surface area contributed by atoms with Gasteiger partial charge in [0, 0.05) is 6.61 Å². The fourth-order valence-electron chi connectivity index (χ4n) is 6.24. The topological polar surface area (TPSA) is 21.8 Å². The largest absolute Gasteiger partial charge is 0.379 e. The molecular formula is C32H32O2. The Morgan fingerprint density at radius 3 is 1.82 bits per heavy atom. The zero-order valence-electron chi connectivity index (χ0n) is 19.9. The van der Waals surface area contributed by atoms with Crippen LogP contribution < -0.4 is 0 Å².